The first kappa shape index (κ1) is 14.6. The summed E-state index contributed by atoms with van der Waals surface area (Å²) >= 11 is 5.87. The molecular formula is C15H18ClN3O. The molecule has 0 amide bonds. The Kier molecular flexibility index (Phi) is 5.18. The van der Waals surface area contributed by atoms with Gasteiger partial charge in [-0.2, -0.15) is 0 Å². The lowest BCUT2D eigenvalue weighted by atomic mass is 10.0. The number of halogens is 1. The van der Waals surface area contributed by atoms with E-state index in [1.165, 1.54) is 6.20 Å². The number of methoxy groups -OCH3 is 1. The predicted molar refractivity (Wildman–Crippen MR) is 81.3 cm³/mol. The fourth-order valence-electron chi connectivity index (χ4n) is 2.06. The second kappa shape index (κ2) is 7.10. The quantitative estimate of drug-likeness (QED) is 0.871. The van der Waals surface area contributed by atoms with Gasteiger partial charge in [-0.15, -0.1) is 0 Å². The first-order valence-electron chi connectivity index (χ1n) is 6.61. The molecule has 0 saturated heterocycles. The van der Waals surface area contributed by atoms with E-state index in [4.69, 9.17) is 16.3 Å². The molecule has 2 rings (SSSR count). The van der Waals surface area contributed by atoms with Gasteiger partial charge in [0.05, 0.1) is 25.5 Å². The molecule has 1 aromatic carbocycles. The van der Waals surface area contributed by atoms with Gasteiger partial charge in [0.1, 0.15) is 16.7 Å². The van der Waals surface area contributed by atoms with Crippen LogP contribution in [0, 0.1) is 0 Å². The molecule has 1 atom stereocenters. The van der Waals surface area contributed by atoms with Gasteiger partial charge in [0.25, 0.3) is 0 Å². The standard InChI is InChI=1S/C15H18ClN3O/c1-3-5-13(11-6-4-7-12(8-11)20-2)18-15-10-17-9-14(16)19-15/h4,6-10,13H,3,5H2,1-2H3,(H,18,19). The topological polar surface area (TPSA) is 47.0 Å². The molecular weight excluding hydrogens is 274 g/mol. The summed E-state index contributed by atoms with van der Waals surface area (Å²) in [4.78, 5) is 8.27. The number of hydrogen-bond donors (Lipinski definition) is 1. The first-order chi connectivity index (χ1) is 9.72. The number of ether oxygens (including phenoxy) is 1. The molecule has 0 radical (unpaired) electrons. The van der Waals surface area contributed by atoms with Crippen molar-refractivity contribution in [1.82, 2.24) is 9.97 Å². The summed E-state index contributed by atoms with van der Waals surface area (Å²) < 4.78 is 5.28. The molecule has 0 aliphatic heterocycles. The molecule has 1 N–H and O–H groups in total. The number of aromatic nitrogens is 2. The van der Waals surface area contributed by atoms with E-state index in [0.717, 1.165) is 24.2 Å². The average molecular weight is 292 g/mol. The Morgan fingerprint density at radius 3 is 2.90 bits per heavy atom. The Morgan fingerprint density at radius 1 is 1.35 bits per heavy atom. The summed E-state index contributed by atoms with van der Waals surface area (Å²) in [7, 11) is 1.67. The van der Waals surface area contributed by atoms with Gasteiger partial charge in [0.2, 0.25) is 0 Å². The van der Waals surface area contributed by atoms with Crippen LogP contribution in [0.25, 0.3) is 0 Å². The van der Waals surface area contributed by atoms with Crippen LogP contribution >= 0.6 is 11.6 Å². The van der Waals surface area contributed by atoms with Gasteiger partial charge in [-0.1, -0.05) is 37.1 Å². The van der Waals surface area contributed by atoms with Crippen LogP contribution in [-0.4, -0.2) is 17.1 Å². The van der Waals surface area contributed by atoms with Crippen LogP contribution in [-0.2, 0) is 0 Å². The molecule has 2 aromatic rings. The van der Waals surface area contributed by atoms with E-state index in [9.17, 15) is 0 Å². The van der Waals surface area contributed by atoms with Crippen molar-refractivity contribution in [1.29, 1.82) is 0 Å². The van der Waals surface area contributed by atoms with E-state index < -0.39 is 0 Å². The largest absolute Gasteiger partial charge is 0.497 e. The maximum absolute atomic E-state index is 5.87. The zero-order chi connectivity index (χ0) is 14.4. The van der Waals surface area contributed by atoms with Crippen LogP contribution in [0.3, 0.4) is 0 Å². The highest BCUT2D eigenvalue weighted by Crippen LogP contribution is 2.26. The molecule has 5 heteroatoms. The maximum Gasteiger partial charge on any atom is 0.149 e. The van der Waals surface area contributed by atoms with Crippen molar-refractivity contribution < 1.29 is 4.74 Å². The smallest absolute Gasteiger partial charge is 0.149 e. The van der Waals surface area contributed by atoms with Crippen molar-refractivity contribution in [2.75, 3.05) is 12.4 Å². The summed E-state index contributed by atoms with van der Waals surface area (Å²) in [5, 5.41) is 3.76. The molecule has 0 bridgehead atoms. The minimum atomic E-state index is 0.155. The van der Waals surface area contributed by atoms with Crippen molar-refractivity contribution in [2.45, 2.75) is 25.8 Å². The van der Waals surface area contributed by atoms with E-state index in [-0.39, 0.29) is 6.04 Å². The molecule has 0 aliphatic carbocycles. The van der Waals surface area contributed by atoms with Crippen molar-refractivity contribution >= 4 is 17.4 Å². The third-order valence-corrected chi connectivity index (χ3v) is 3.18. The Labute approximate surface area is 124 Å². The number of nitrogens with one attached hydrogen (secondary N) is 1. The van der Waals surface area contributed by atoms with Crippen LogP contribution in [0.2, 0.25) is 5.15 Å². The molecule has 4 nitrogen and oxygen atoms in total. The van der Waals surface area contributed by atoms with Gasteiger partial charge < -0.3 is 10.1 Å². The number of benzene rings is 1. The van der Waals surface area contributed by atoms with Crippen LogP contribution in [0.1, 0.15) is 31.4 Å². The zero-order valence-corrected chi connectivity index (χ0v) is 12.4. The first-order valence-corrected chi connectivity index (χ1v) is 6.98. The van der Waals surface area contributed by atoms with E-state index in [1.54, 1.807) is 13.3 Å². The fraction of sp³-hybridized carbons (Fsp3) is 0.333. The molecule has 1 unspecified atom stereocenters. The Morgan fingerprint density at radius 2 is 2.20 bits per heavy atom. The minimum Gasteiger partial charge on any atom is -0.497 e. The van der Waals surface area contributed by atoms with E-state index in [0.29, 0.717) is 11.0 Å². The Bertz CT molecular complexity index is 562. The van der Waals surface area contributed by atoms with Gasteiger partial charge in [0, 0.05) is 0 Å². The van der Waals surface area contributed by atoms with Crippen LogP contribution in [0.15, 0.2) is 36.7 Å². The number of hydrogen-bond acceptors (Lipinski definition) is 4. The Balaban J connectivity index is 2.21. The highest BCUT2D eigenvalue weighted by atomic mass is 35.5. The number of anilines is 1. The predicted octanol–water partition coefficient (Wildman–Crippen LogP) is 4.09. The lowest BCUT2D eigenvalue weighted by molar-refractivity contribution is 0.414. The monoisotopic (exact) mass is 291 g/mol. The van der Waals surface area contributed by atoms with Crippen molar-refractivity contribution in [3.8, 4) is 5.75 Å². The van der Waals surface area contributed by atoms with Gasteiger partial charge in [-0.05, 0) is 24.1 Å². The van der Waals surface area contributed by atoms with Gasteiger partial charge in [0.15, 0.2) is 0 Å². The fourth-order valence-corrected chi connectivity index (χ4v) is 2.21. The van der Waals surface area contributed by atoms with Crippen molar-refractivity contribution in [3.63, 3.8) is 0 Å². The number of nitrogens with zero attached hydrogens (tertiary/aromatic N) is 2. The second-order valence-corrected chi connectivity index (χ2v) is 4.88. The van der Waals surface area contributed by atoms with Crippen molar-refractivity contribution in [3.05, 3.63) is 47.4 Å². The molecule has 106 valence electrons. The third kappa shape index (κ3) is 3.84. The minimum absolute atomic E-state index is 0.155. The summed E-state index contributed by atoms with van der Waals surface area (Å²) in [5.74, 6) is 1.53. The maximum atomic E-state index is 5.87. The lowest BCUT2D eigenvalue weighted by Gasteiger charge is -2.19. The SMILES string of the molecule is CCCC(Nc1cncc(Cl)n1)c1cccc(OC)c1. The molecule has 0 spiro atoms. The third-order valence-electron chi connectivity index (χ3n) is 3.00. The molecule has 1 heterocycles. The summed E-state index contributed by atoms with van der Waals surface area (Å²) in [6.45, 7) is 2.15. The van der Waals surface area contributed by atoms with Gasteiger partial charge in [-0.25, -0.2) is 4.98 Å². The normalized spacial score (nSPS) is 11.9. The zero-order valence-electron chi connectivity index (χ0n) is 11.6. The molecule has 0 fully saturated rings. The highest BCUT2D eigenvalue weighted by molar-refractivity contribution is 6.29. The lowest BCUT2D eigenvalue weighted by Crippen LogP contribution is -2.12. The molecule has 20 heavy (non-hydrogen) atoms. The van der Waals surface area contributed by atoms with Crippen LogP contribution < -0.4 is 10.1 Å². The highest BCUT2D eigenvalue weighted by Gasteiger charge is 2.12. The van der Waals surface area contributed by atoms with Gasteiger partial charge in [-0.3, -0.25) is 4.98 Å². The summed E-state index contributed by atoms with van der Waals surface area (Å²) in [6.07, 6.45) is 5.24. The van der Waals surface area contributed by atoms with Crippen LogP contribution in [0.4, 0.5) is 5.82 Å². The molecule has 0 aliphatic rings. The second-order valence-electron chi connectivity index (χ2n) is 4.49. The summed E-state index contributed by atoms with van der Waals surface area (Å²) in [6, 6.07) is 8.19. The molecule has 0 saturated carbocycles. The molecule has 1 aromatic heterocycles. The van der Waals surface area contributed by atoms with Crippen LogP contribution in [0.5, 0.6) is 5.75 Å². The van der Waals surface area contributed by atoms with Crippen molar-refractivity contribution in [2.24, 2.45) is 0 Å². The van der Waals surface area contributed by atoms with E-state index >= 15 is 0 Å². The van der Waals surface area contributed by atoms with Gasteiger partial charge >= 0.3 is 0 Å². The average Bonchev–Trinajstić information content (AvgIpc) is 2.47. The van der Waals surface area contributed by atoms with E-state index in [2.05, 4.69) is 28.3 Å². The van der Waals surface area contributed by atoms with E-state index in [1.807, 2.05) is 18.2 Å². The number of rotatable bonds is 6. The summed E-state index contributed by atoms with van der Waals surface area (Å²) in [5.41, 5.74) is 1.16. The Hall–Kier alpha value is -1.81.